The topological polar surface area (TPSA) is 47.3 Å². The zero-order valence-electron chi connectivity index (χ0n) is 11.5. The van der Waals surface area contributed by atoms with Crippen LogP contribution in [0.25, 0.3) is 11.0 Å². The van der Waals surface area contributed by atoms with E-state index < -0.39 is 0 Å². The fraction of sp³-hybridized carbons (Fsp3) is 0.188. The molecule has 0 radical (unpaired) electrons. The van der Waals surface area contributed by atoms with E-state index >= 15 is 0 Å². The molecule has 0 aliphatic carbocycles. The van der Waals surface area contributed by atoms with Gasteiger partial charge >= 0.3 is 0 Å². The summed E-state index contributed by atoms with van der Waals surface area (Å²) < 4.78 is 11.0. The maximum absolute atomic E-state index is 5.76. The van der Waals surface area contributed by atoms with Crippen molar-refractivity contribution in [3.63, 3.8) is 0 Å². The minimum atomic E-state index is 0.595. The van der Waals surface area contributed by atoms with Crippen molar-refractivity contribution in [2.75, 3.05) is 12.4 Å². The average Bonchev–Trinajstić information content (AvgIpc) is 2.81. The van der Waals surface area contributed by atoms with E-state index in [-0.39, 0.29) is 0 Å². The van der Waals surface area contributed by atoms with E-state index in [1.54, 1.807) is 13.3 Å². The number of methoxy groups -OCH3 is 1. The summed E-state index contributed by atoms with van der Waals surface area (Å²) in [6, 6.07) is 11.9. The molecule has 4 nitrogen and oxygen atoms in total. The smallest absolute Gasteiger partial charge is 0.237 e. The summed E-state index contributed by atoms with van der Waals surface area (Å²) >= 11 is 0. The normalized spacial score (nSPS) is 10.7. The number of nitrogens with one attached hydrogen (secondary N) is 1. The average molecular weight is 268 g/mol. The van der Waals surface area contributed by atoms with Crippen LogP contribution in [0.5, 0.6) is 5.88 Å². The lowest BCUT2D eigenvalue weighted by molar-refractivity contribution is 0.399. The molecule has 0 bridgehead atoms. The van der Waals surface area contributed by atoms with Gasteiger partial charge in [0.15, 0.2) is 0 Å². The SMILES string of the molecule is COc1ncccc1NCc1c(C)oc2ccccc12. The number of nitrogens with zero attached hydrogens (tertiary/aromatic N) is 1. The first-order valence-electron chi connectivity index (χ1n) is 6.49. The fourth-order valence-corrected chi connectivity index (χ4v) is 2.31. The van der Waals surface area contributed by atoms with Crippen LogP contribution in [0.3, 0.4) is 0 Å². The van der Waals surface area contributed by atoms with Gasteiger partial charge in [-0.05, 0) is 25.1 Å². The summed E-state index contributed by atoms with van der Waals surface area (Å²) in [4.78, 5) is 4.17. The largest absolute Gasteiger partial charge is 0.480 e. The van der Waals surface area contributed by atoms with E-state index in [9.17, 15) is 0 Å². The van der Waals surface area contributed by atoms with Gasteiger partial charge < -0.3 is 14.5 Å². The first-order chi connectivity index (χ1) is 9.79. The summed E-state index contributed by atoms with van der Waals surface area (Å²) in [6.07, 6.45) is 1.71. The van der Waals surface area contributed by atoms with Gasteiger partial charge in [0.2, 0.25) is 5.88 Å². The number of hydrogen-bond acceptors (Lipinski definition) is 4. The van der Waals surface area contributed by atoms with Crippen molar-refractivity contribution >= 4 is 16.7 Å². The number of aryl methyl sites for hydroxylation is 1. The van der Waals surface area contributed by atoms with Crippen molar-refractivity contribution in [2.24, 2.45) is 0 Å². The Kier molecular flexibility index (Phi) is 3.29. The number of hydrogen-bond donors (Lipinski definition) is 1. The second-order valence-electron chi connectivity index (χ2n) is 4.55. The summed E-state index contributed by atoms with van der Waals surface area (Å²) in [6.45, 7) is 2.66. The summed E-state index contributed by atoms with van der Waals surface area (Å²) in [5.74, 6) is 1.53. The fourth-order valence-electron chi connectivity index (χ4n) is 2.31. The highest BCUT2D eigenvalue weighted by Gasteiger charge is 2.11. The van der Waals surface area contributed by atoms with Crippen LogP contribution in [0.2, 0.25) is 0 Å². The number of benzene rings is 1. The molecule has 4 heteroatoms. The molecule has 3 aromatic rings. The molecular weight excluding hydrogens is 252 g/mol. The van der Waals surface area contributed by atoms with Gasteiger partial charge in [-0.15, -0.1) is 0 Å². The van der Waals surface area contributed by atoms with Crippen LogP contribution in [0.4, 0.5) is 5.69 Å². The van der Waals surface area contributed by atoms with Gasteiger partial charge in [-0.1, -0.05) is 18.2 Å². The van der Waals surface area contributed by atoms with Crippen molar-refractivity contribution in [2.45, 2.75) is 13.5 Å². The third-order valence-corrected chi connectivity index (χ3v) is 3.32. The molecule has 20 heavy (non-hydrogen) atoms. The van der Waals surface area contributed by atoms with Gasteiger partial charge in [-0.2, -0.15) is 0 Å². The second-order valence-corrected chi connectivity index (χ2v) is 4.55. The van der Waals surface area contributed by atoms with E-state index in [1.807, 2.05) is 37.3 Å². The quantitative estimate of drug-likeness (QED) is 0.782. The van der Waals surface area contributed by atoms with Crippen molar-refractivity contribution in [1.29, 1.82) is 0 Å². The van der Waals surface area contributed by atoms with Crippen molar-refractivity contribution in [1.82, 2.24) is 4.98 Å². The summed E-state index contributed by atoms with van der Waals surface area (Å²) in [7, 11) is 1.62. The van der Waals surface area contributed by atoms with Crippen LogP contribution in [-0.4, -0.2) is 12.1 Å². The van der Waals surface area contributed by atoms with Gasteiger partial charge in [0.1, 0.15) is 11.3 Å². The minimum absolute atomic E-state index is 0.595. The van der Waals surface area contributed by atoms with Gasteiger partial charge in [0.05, 0.1) is 12.8 Å². The maximum Gasteiger partial charge on any atom is 0.237 e. The number of ether oxygens (including phenoxy) is 1. The van der Waals surface area contributed by atoms with E-state index in [2.05, 4.69) is 16.4 Å². The lowest BCUT2D eigenvalue weighted by Gasteiger charge is -2.09. The Morgan fingerprint density at radius 3 is 2.90 bits per heavy atom. The molecule has 1 aromatic carbocycles. The van der Waals surface area contributed by atoms with Crippen LogP contribution < -0.4 is 10.1 Å². The Labute approximate surface area is 117 Å². The van der Waals surface area contributed by atoms with E-state index in [1.165, 1.54) is 0 Å². The predicted octanol–water partition coefficient (Wildman–Crippen LogP) is 3.76. The third kappa shape index (κ3) is 2.20. The van der Waals surface area contributed by atoms with Crippen LogP contribution in [-0.2, 0) is 6.54 Å². The van der Waals surface area contributed by atoms with Crippen LogP contribution in [0.1, 0.15) is 11.3 Å². The summed E-state index contributed by atoms with van der Waals surface area (Å²) in [5.41, 5.74) is 2.95. The number of pyridine rings is 1. The lowest BCUT2D eigenvalue weighted by Crippen LogP contribution is -2.02. The van der Waals surface area contributed by atoms with Crippen molar-refractivity contribution in [3.8, 4) is 5.88 Å². The molecule has 0 saturated carbocycles. The minimum Gasteiger partial charge on any atom is -0.480 e. The lowest BCUT2D eigenvalue weighted by atomic mass is 10.1. The zero-order valence-corrected chi connectivity index (χ0v) is 11.5. The molecule has 2 heterocycles. The Hall–Kier alpha value is -2.49. The van der Waals surface area contributed by atoms with Gasteiger partial charge in [0.25, 0.3) is 0 Å². The van der Waals surface area contributed by atoms with E-state index in [0.29, 0.717) is 12.4 Å². The molecule has 0 saturated heterocycles. The van der Waals surface area contributed by atoms with Crippen molar-refractivity contribution in [3.05, 3.63) is 53.9 Å². The highest BCUT2D eigenvalue weighted by molar-refractivity contribution is 5.82. The van der Waals surface area contributed by atoms with Gasteiger partial charge in [-0.25, -0.2) is 4.98 Å². The van der Waals surface area contributed by atoms with Crippen molar-refractivity contribution < 1.29 is 9.15 Å². The maximum atomic E-state index is 5.76. The number of anilines is 1. The van der Waals surface area contributed by atoms with E-state index in [0.717, 1.165) is 28.0 Å². The monoisotopic (exact) mass is 268 g/mol. The molecule has 0 aliphatic heterocycles. The number of rotatable bonds is 4. The first-order valence-corrected chi connectivity index (χ1v) is 6.49. The van der Waals surface area contributed by atoms with Gasteiger partial charge in [0, 0.05) is 23.7 Å². The highest BCUT2D eigenvalue weighted by Crippen LogP contribution is 2.27. The number of fused-ring (bicyclic) bond motifs is 1. The van der Waals surface area contributed by atoms with Gasteiger partial charge in [-0.3, -0.25) is 0 Å². The van der Waals surface area contributed by atoms with Crippen LogP contribution in [0.15, 0.2) is 47.0 Å². The molecule has 0 fully saturated rings. The molecule has 102 valence electrons. The molecule has 0 amide bonds. The molecule has 0 aliphatic rings. The van der Waals surface area contributed by atoms with Crippen LogP contribution in [0, 0.1) is 6.92 Å². The Bertz CT molecular complexity index is 734. The number of para-hydroxylation sites is 1. The Morgan fingerprint density at radius 2 is 2.05 bits per heavy atom. The highest BCUT2D eigenvalue weighted by atomic mass is 16.5. The first kappa shape index (κ1) is 12.5. The molecule has 0 spiro atoms. The Balaban J connectivity index is 1.89. The predicted molar refractivity (Wildman–Crippen MR) is 79.1 cm³/mol. The molecule has 0 unspecified atom stereocenters. The Morgan fingerprint density at radius 1 is 1.20 bits per heavy atom. The summed E-state index contributed by atoms with van der Waals surface area (Å²) in [5, 5.41) is 4.49. The number of furan rings is 1. The van der Waals surface area contributed by atoms with E-state index in [4.69, 9.17) is 9.15 Å². The molecule has 3 rings (SSSR count). The standard InChI is InChI=1S/C16H16N2O2/c1-11-13(12-6-3-4-8-15(12)20-11)10-18-14-7-5-9-17-16(14)19-2/h3-9,18H,10H2,1-2H3. The number of aromatic nitrogens is 1. The molecule has 0 atom stereocenters. The van der Waals surface area contributed by atoms with Crippen LogP contribution >= 0.6 is 0 Å². The molecule has 1 N–H and O–H groups in total. The molecule has 2 aromatic heterocycles. The molecular formula is C16H16N2O2. The third-order valence-electron chi connectivity index (χ3n) is 3.32. The second kappa shape index (κ2) is 5.25. The zero-order chi connectivity index (χ0) is 13.9.